The maximum Gasteiger partial charge on any atom is 0.133 e. The lowest BCUT2D eigenvalue weighted by Crippen LogP contribution is -2.36. The van der Waals surface area contributed by atoms with Crippen LogP contribution in [-0.2, 0) is 6.42 Å². The van der Waals surface area contributed by atoms with Crippen molar-refractivity contribution in [2.45, 2.75) is 51.9 Å². The molecule has 1 saturated carbocycles. The molecular weight excluding hydrogens is 326 g/mol. The first-order chi connectivity index (χ1) is 10.1. The lowest BCUT2D eigenvalue weighted by Gasteiger charge is -2.40. The molecule has 0 aliphatic heterocycles. The summed E-state index contributed by atoms with van der Waals surface area (Å²) in [4.78, 5) is 0. The van der Waals surface area contributed by atoms with Gasteiger partial charge in [0.25, 0.3) is 0 Å². The fraction of sp³-hybridized carbons (Fsp3) is 0.667. The van der Waals surface area contributed by atoms with E-state index in [2.05, 4.69) is 35.0 Å². The Hall–Kier alpha value is -0.540. The predicted octanol–water partition coefficient (Wildman–Crippen LogP) is 4.94. The van der Waals surface area contributed by atoms with Gasteiger partial charge in [-0.25, -0.2) is 0 Å². The van der Waals surface area contributed by atoms with E-state index >= 15 is 0 Å². The molecule has 1 fully saturated rings. The van der Waals surface area contributed by atoms with Crippen molar-refractivity contribution < 1.29 is 4.74 Å². The zero-order valence-electron chi connectivity index (χ0n) is 13.3. The summed E-state index contributed by atoms with van der Waals surface area (Å²) >= 11 is 3.59. The number of hydrogen-bond acceptors (Lipinski definition) is 2. The molecule has 2 nitrogen and oxygen atoms in total. The monoisotopic (exact) mass is 353 g/mol. The highest BCUT2D eigenvalue weighted by atomic mass is 79.9. The second-order valence-electron chi connectivity index (χ2n) is 6.58. The number of methoxy groups -OCH3 is 1. The van der Waals surface area contributed by atoms with Gasteiger partial charge in [-0.15, -0.1) is 0 Å². The summed E-state index contributed by atoms with van der Waals surface area (Å²) in [5, 5.41) is 0. The van der Waals surface area contributed by atoms with Crippen LogP contribution in [-0.4, -0.2) is 13.7 Å². The Kier molecular flexibility index (Phi) is 6.12. The normalized spacial score (nSPS) is 25.8. The molecule has 1 aliphatic carbocycles. The third-order valence-electron chi connectivity index (χ3n) is 5.09. The number of benzene rings is 1. The highest BCUT2D eigenvalue weighted by molar-refractivity contribution is 9.10. The average Bonchev–Trinajstić information content (AvgIpc) is 2.50. The third-order valence-corrected chi connectivity index (χ3v) is 5.71. The fourth-order valence-electron chi connectivity index (χ4n) is 3.69. The molecule has 0 bridgehead atoms. The van der Waals surface area contributed by atoms with Gasteiger partial charge in [-0.05, 0) is 83.6 Å². The fourth-order valence-corrected chi connectivity index (χ4v) is 4.28. The first kappa shape index (κ1) is 16.8. The van der Waals surface area contributed by atoms with Gasteiger partial charge in [0.1, 0.15) is 5.75 Å². The summed E-state index contributed by atoms with van der Waals surface area (Å²) in [6, 6.07) is 6.42. The van der Waals surface area contributed by atoms with E-state index in [0.29, 0.717) is 5.41 Å². The van der Waals surface area contributed by atoms with Crippen LogP contribution in [0.3, 0.4) is 0 Å². The van der Waals surface area contributed by atoms with E-state index < -0.39 is 0 Å². The van der Waals surface area contributed by atoms with E-state index in [1.807, 2.05) is 6.07 Å². The molecule has 0 amide bonds. The van der Waals surface area contributed by atoms with Crippen LogP contribution in [0, 0.1) is 11.3 Å². The molecule has 0 atom stereocenters. The molecule has 1 aliphatic rings. The van der Waals surface area contributed by atoms with Crippen molar-refractivity contribution in [3.05, 3.63) is 28.2 Å². The predicted molar refractivity (Wildman–Crippen MR) is 92.8 cm³/mol. The van der Waals surface area contributed by atoms with Crippen molar-refractivity contribution in [3.8, 4) is 5.75 Å². The first-order valence-electron chi connectivity index (χ1n) is 8.15. The van der Waals surface area contributed by atoms with Gasteiger partial charge in [-0.2, -0.15) is 0 Å². The van der Waals surface area contributed by atoms with E-state index in [1.54, 1.807) is 7.11 Å². The number of ether oxygens (including phenoxy) is 1. The summed E-state index contributed by atoms with van der Waals surface area (Å²) in [5.74, 6) is 1.82. The molecule has 0 unspecified atom stereocenters. The van der Waals surface area contributed by atoms with Gasteiger partial charge in [0.05, 0.1) is 11.6 Å². The van der Waals surface area contributed by atoms with Gasteiger partial charge in [-0.1, -0.05) is 25.8 Å². The molecule has 1 aromatic rings. The topological polar surface area (TPSA) is 35.2 Å². The Morgan fingerprint density at radius 1 is 1.33 bits per heavy atom. The van der Waals surface area contributed by atoms with Gasteiger partial charge in [0.2, 0.25) is 0 Å². The summed E-state index contributed by atoms with van der Waals surface area (Å²) in [7, 11) is 1.70. The molecule has 2 N–H and O–H groups in total. The Morgan fingerprint density at radius 2 is 2.05 bits per heavy atom. The van der Waals surface area contributed by atoms with Crippen molar-refractivity contribution in [2.75, 3.05) is 13.7 Å². The van der Waals surface area contributed by atoms with E-state index in [9.17, 15) is 0 Å². The second-order valence-corrected chi connectivity index (χ2v) is 7.44. The van der Waals surface area contributed by atoms with Crippen LogP contribution in [0.15, 0.2) is 22.7 Å². The number of nitrogens with two attached hydrogens (primary N) is 1. The zero-order chi connectivity index (χ0) is 15.3. The Labute approximate surface area is 137 Å². The minimum Gasteiger partial charge on any atom is -0.496 e. The molecule has 0 spiro atoms. The van der Waals surface area contributed by atoms with Crippen LogP contribution < -0.4 is 10.5 Å². The first-order valence-corrected chi connectivity index (χ1v) is 8.94. The molecule has 118 valence electrons. The van der Waals surface area contributed by atoms with E-state index in [1.165, 1.54) is 44.1 Å². The van der Waals surface area contributed by atoms with Crippen LogP contribution in [0.2, 0.25) is 0 Å². The molecular formula is C18H28BrNO. The maximum atomic E-state index is 6.16. The molecule has 21 heavy (non-hydrogen) atoms. The molecule has 1 aromatic carbocycles. The average molecular weight is 354 g/mol. The summed E-state index contributed by atoms with van der Waals surface area (Å²) < 4.78 is 6.35. The highest BCUT2D eigenvalue weighted by Gasteiger charge is 2.34. The number of rotatable bonds is 6. The van der Waals surface area contributed by atoms with Crippen molar-refractivity contribution in [1.29, 1.82) is 0 Å². The highest BCUT2D eigenvalue weighted by Crippen LogP contribution is 2.42. The summed E-state index contributed by atoms with van der Waals surface area (Å²) in [6.07, 6.45) is 9.03. The van der Waals surface area contributed by atoms with Gasteiger partial charge in [-0.3, -0.25) is 0 Å². The van der Waals surface area contributed by atoms with Gasteiger partial charge in [0, 0.05) is 0 Å². The van der Waals surface area contributed by atoms with Crippen LogP contribution in [0.4, 0.5) is 0 Å². The van der Waals surface area contributed by atoms with E-state index in [4.69, 9.17) is 10.5 Å². The zero-order valence-corrected chi connectivity index (χ0v) is 14.9. The lowest BCUT2D eigenvalue weighted by molar-refractivity contribution is 0.151. The SMILES string of the molecule is CCCC1CCC(CN)(Cc2ccc(OC)c(Br)c2)CC1. The van der Waals surface area contributed by atoms with Crippen molar-refractivity contribution in [3.63, 3.8) is 0 Å². The minimum atomic E-state index is 0.304. The largest absolute Gasteiger partial charge is 0.496 e. The van der Waals surface area contributed by atoms with Crippen LogP contribution in [0.25, 0.3) is 0 Å². The molecule has 0 heterocycles. The smallest absolute Gasteiger partial charge is 0.133 e. The van der Waals surface area contributed by atoms with Crippen LogP contribution in [0.5, 0.6) is 5.75 Å². The van der Waals surface area contributed by atoms with Gasteiger partial charge < -0.3 is 10.5 Å². The second kappa shape index (κ2) is 7.64. The number of halogens is 1. The third kappa shape index (κ3) is 4.23. The standard InChI is InChI=1S/C18H28BrNO/c1-3-4-14-7-9-18(13-20,10-8-14)12-15-5-6-17(21-2)16(19)11-15/h5-6,11,14H,3-4,7-10,12-13,20H2,1-2H3. The minimum absolute atomic E-state index is 0.304. The number of hydrogen-bond donors (Lipinski definition) is 1. The Bertz CT molecular complexity index is 453. The molecule has 0 radical (unpaired) electrons. The van der Waals surface area contributed by atoms with Crippen molar-refractivity contribution >= 4 is 15.9 Å². The molecule has 0 saturated heterocycles. The van der Waals surface area contributed by atoms with Crippen LogP contribution in [0.1, 0.15) is 51.0 Å². The Balaban J connectivity index is 2.04. The van der Waals surface area contributed by atoms with Crippen molar-refractivity contribution in [1.82, 2.24) is 0 Å². The quantitative estimate of drug-likeness (QED) is 0.786. The van der Waals surface area contributed by atoms with Crippen molar-refractivity contribution in [2.24, 2.45) is 17.1 Å². The molecule has 2 rings (SSSR count). The van der Waals surface area contributed by atoms with Crippen LogP contribution >= 0.6 is 15.9 Å². The Morgan fingerprint density at radius 3 is 2.57 bits per heavy atom. The lowest BCUT2D eigenvalue weighted by atomic mass is 9.67. The maximum absolute atomic E-state index is 6.16. The summed E-state index contributed by atoms with van der Waals surface area (Å²) in [6.45, 7) is 3.09. The molecule has 0 aromatic heterocycles. The van der Waals surface area contributed by atoms with E-state index in [-0.39, 0.29) is 0 Å². The summed E-state index contributed by atoms with van der Waals surface area (Å²) in [5.41, 5.74) is 7.83. The van der Waals surface area contributed by atoms with Gasteiger partial charge in [0.15, 0.2) is 0 Å². The molecule has 3 heteroatoms. The van der Waals surface area contributed by atoms with Gasteiger partial charge >= 0.3 is 0 Å². The van der Waals surface area contributed by atoms with E-state index in [0.717, 1.165) is 29.1 Å².